The molecule has 0 bridgehead atoms. The third-order valence-corrected chi connectivity index (χ3v) is 3.41. The van der Waals surface area contributed by atoms with Gasteiger partial charge in [-0.2, -0.15) is 4.98 Å². The third kappa shape index (κ3) is 2.13. The van der Waals surface area contributed by atoms with E-state index in [1.807, 2.05) is 0 Å². The summed E-state index contributed by atoms with van der Waals surface area (Å²) in [5.74, 6) is -0.644. The van der Waals surface area contributed by atoms with Gasteiger partial charge in [-0.1, -0.05) is 0 Å². The fourth-order valence-electron chi connectivity index (χ4n) is 2.09. The van der Waals surface area contributed by atoms with E-state index >= 15 is 0 Å². The van der Waals surface area contributed by atoms with Crippen LogP contribution in [0.1, 0.15) is 23.8 Å². The highest BCUT2D eigenvalue weighted by Crippen LogP contribution is 2.34. The van der Waals surface area contributed by atoms with E-state index in [4.69, 9.17) is 10.5 Å². The molecular weight excluding hydrogens is 264 g/mol. The molecule has 0 aromatic carbocycles. The number of nitrogens with two attached hydrogens (primary N) is 1. The van der Waals surface area contributed by atoms with Gasteiger partial charge in [0.2, 0.25) is 5.95 Å². The molecule has 1 aromatic heterocycles. The molecule has 0 amide bonds. The van der Waals surface area contributed by atoms with Crippen molar-refractivity contribution in [3.63, 3.8) is 0 Å². The van der Waals surface area contributed by atoms with Gasteiger partial charge in [0.05, 0.1) is 14.2 Å². The molecule has 1 aromatic rings. The van der Waals surface area contributed by atoms with E-state index < -0.39 is 11.5 Å². The molecule has 8 heteroatoms. The van der Waals surface area contributed by atoms with Gasteiger partial charge >= 0.3 is 11.9 Å². The van der Waals surface area contributed by atoms with Crippen LogP contribution in [0.15, 0.2) is 6.07 Å². The van der Waals surface area contributed by atoms with Crippen molar-refractivity contribution in [2.45, 2.75) is 18.9 Å². The predicted molar refractivity (Wildman–Crippen MR) is 70.2 cm³/mol. The molecule has 108 valence electrons. The number of rotatable bonds is 3. The molecule has 8 nitrogen and oxygen atoms in total. The minimum Gasteiger partial charge on any atom is -0.467 e. The Morgan fingerprint density at radius 2 is 2.05 bits per heavy atom. The van der Waals surface area contributed by atoms with E-state index in [9.17, 15) is 9.59 Å². The van der Waals surface area contributed by atoms with Gasteiger partial charge in [-0.15, -0.1) is 0 Å². The summed E-state index contributed by atoms with van der Waals surface area (Å²) in [4.78, 5) is 33.1. The Morgan fingerprint density at radius 1 is 1.35 bits per heavy atom. The minimum atomic E-state index is -0.837. The fourth-order valence-corrected chi connectivity index (χ4v) is 2.09. The Labute approximate surface area is 115 Å². The first kappa shape index (κ1) is 14.0. The van der Waals surface area contributed by atoms with E-state index in [1.165, 1.54) is 20.3 Å². The van der Waals surface area contributed by atoms with Crippen LogP contribution in [0.2, 0.25) is 0 Å². The number of anilines is 2. The second-order valence-corrected chi connectivity index (χ2v) is 4.64. The Morgan fingerprint density at radius 3 is 2.55 bits per heavy atom. The Balaban J connectivity index is 2.36. The highest BCUT2D eigenvalue weighted by atomic mass is 16.5. The molecule has 20 heavy (non-hydrogen) atoms. The zero-order valence-corrected chi connectivity index (χ0v) is 11.5. The van der Waals surface area contributed by atoms with Crippen molar-refractivity contribution >= 4 is 23.7 Å². The first-order valence-electron chi connectivity index (χ1n) is 6.01. The Hall–Kier alpha value is -2.38. The molecule has 1 unspecified atom stereocenters. The van der Waals surface area contributed by atoms with Gasteiger partial charge in [-0.25, -0.2) is 14.6 Å². The summed E-state index contributed by atoms with van der Waals surface area (Å²) in [5.41, 5.74) is 4.88. The summed E-state index contributed by atoms with van der Waals surface area (Å²) in [6, 6.07) is 1.32. The van der Waals surface area contributed by atoms with Crippen LogP contribution in [0.3, 0.4) is 0 Å². The summed E-state index contributed by atoms with van der Waals surface area (Å²) in [6.07, 6.45) is 0.616. The largest absolute Gasteiger partial charge is 0.467 e. The first-order valence-corrected chi connectivity index (χ1v) is 6.01. The van der Waals surface area contributed by atoms with Crippen LogP contribution in [0.25, 0.3) is 0 Å². The summed E-state index contributed by atoms with van der Waals surface area (Å²) >= 11 is 0. The molecular formula is C12H16N4O4. The molecule has 1 atom stereocenters. The number of hydrogen-bond donors (Lipinski definition) is 1. The summed E-state index contributed by atoms with van der Waals surface area (Å²) < 4.78 is 9.38. The minimum absolute atomic E-state index is 0.0501. The number of carbonyl (C=O) groups is 2. The van der Waals surface area contributed by atoms with Crippen LogP contribution in [-0.2, 0) is 14.3 Å². The predicted octanol–water partition coefficient (Wildman–Crippen LogP) is -0.0128. The maximum Gasteiger partial charge on any atom is 0.356 e. The van der Waals surface area contributed by atoms with Crippen molar-refractivity contribution < 1.29 is 19.1 Å². The van der Waals surface area contributed by atoms with Crippen molar-refractivity contribution in [2.75, 3.05) is 31.4 Å². The van der Waals surface area contributed by atoms with Gasteiger partial charge in [-0.05, 0) is 13.3 Å². The standard InChI is InChI=1S/C12H16N4O4/c1-12(10(18)20-3)4-5-16(12)11-14-7(9(17)19-2)6-8(13)15-11/h6H,4-5H2,1-3H3,(H2,13,14,15). The lowest BCUT2D eigenvalue weighted by atomic mass is 9.87. The topological polar surface area (TPSA) is 108 Å². The molecule has 1 saturated heterocycles. The van der Waals surface area contributed by atoms with Crippen LogP contribution < -0.4 is 10.6 Å². The van der Waals surface area contributed by atoms with E-state index in [2.05, 4.69) is 14.7 Å². The molecule has 0 spiro atoms. The average Bonchev–Trinajstić information content (AvgIpc) is 2.42. The van der Waals surface area contributed by atoms with Gasteiger partial charge in [0, 0.05) is 12.6 Å². The second-order valence-electron chi connectivity index (χ2n) is 4.64. The highest BCUT2D eigenvalue weighted by molar-refractivity contribution is 5.89. The number of hydrogen-bond acceptors (Lipinski definition) is 8. The molecule has 2 heterocycles. The van der Waals surface area contributed by atoms with E-state index in [0.29, 0.717) is 13.0 Å². The number of aromatic nitrogens is 2. The normalized spacial score (nSPS) is 21.1. The van der Waals surface area contributed by atoms with E-state index in [-0.39, 0.29) is 23.4 Å². The fraction of sp³-hybridized carbons (Fsp3) is 0.500. The van der Waals surface area contributed by atoms with Crippen LogP contribution in [0, 0.1) is 0 Å². The molecule has 2 rings (SSSR count). The smallest absolute Gasteiger partial charge is 0.356 e. The van der Waals surface area contributed by atoms with Crippen LogP contribution in [0.5, 0.6) is 0 Å². The van der Waals surface area contributed by atoms with Gasteiger partial charge < -0.3 is 20.1 Å². The summed E-state index contributed by atoms with van der Waals surface area (Å²) in [5, 5.41) is 0. The van der Waals surface area contributed by atoms with Gasteiger partial charge in [0.1, 0.15) is 11.4 Å². The van der Waals surface area contributed by atoms with E-state index in [1.54, 1.807) is 11.8 Å². The van der Waals surface area contributed by atoms with Gasteiger partial charge in [-0.3, -0.25) is 0 Å². The lowest BCUT2D eigenvalue weighted by Gasteiger charge is -2.47. The second kappa shape index (κ2) is 4.95. The van der Waals surface area contributed by atoms with Crippen LogP contribution in [-0.4, -0.2) is 48.2 Å². The quantitative estimate of drug-likeness (QED) is 0.770. The van der Waals surface area contributed by atoms with E-state index in [0.717, 1.165) is 0 Å². The average molecular weight is 280 g/mol. The molecule has 1 aliphatic rings. The van der Waals surface area contributed by atoms with Crippen LogP contribution in [0.4, 0.5) is 11.8 Å². The summed E-state index contributed by atoms with van der Waals surface area (Å²) in [6.45, 7) is 2.31. The molecule has 1 fully saturated rings. The van der Waals surface area contributed by atoms with Crippen molar-refractivity contribution in [3.8, 4) is 0 Å². The Kier molecular flexibility index (Phi) is 3.47. The summed E-state index contributed by atoms with van der Waals surface area (Å²) in [7, 11) is 2.58. The number of nitrogens with zero attached hydrogens (tertiary/aromatic N) is 3. The number of nitrogen functional groups attached to an aromatic ring is 1. The highest BCUT2D eigenvalue weighted by Gasteiger charge is 2.49. The first-order chi connectivity index (χ1) is 9.42. The third-order valence-electron chi connectivity index (χ3n) is 3.41. The number of ether oxygens (including phenoxy) is 2. The van der Waals surface area contributed by atoms with Crippen molar-refractivity contribution in [1.29, 1.82) is 0 Å². The molecule has 0 radical (unpaired) electrons. The molecule has 0 saturated carbocycles. The molecule has 2 N–H and O–H groups in total. The SMILES string of the molecule is COC(=O)c1cc(N)nc(N2CCC2(C)C(=O)OC)n1. The van der Waals surface area contributed by atoms with Crippen LogP contribution >= 0.6 is 0 Å². The lowest BCUT2D eigenvalue weighted by molar-refractivity contribution is -0.148. The Bertz CT molecular complexity index is 562. The monoisotopic (exact) mass is 280 g/mol. The molecule has 1 aliphatic heterocycles. The molecule has 0 aliphatic carbocycles. The zero-order chi connectivity index (χ0) is 14.9. The van der Waals surface area contributed by atoms with Gasteiger partial charge in [0.15, 0.2) is 5.69 Å². The van der Waals surface area contributed by atoms with Crippen molar-refractivity contribution in [1.82, 2.24) is 9.97 Å². The number of methoxy groups -OCH3 is 2. The maximum atomic E-state index is 11.8. The van der Waals surface area contributed by atoms with Crippen molar-refractivity contribution in [2.24, 2.45) is 0 Å². The van der Waals surface area contributed by atoms with Gasteiger partial charge in [0.25, 0.3) is 0 Å². The lowest BCUT2D eigenvalue weighted by Crippen LogP contribution is -2.64. The maximum absolute atomic E-state index is 11.8. The number of carbonyl (C=O) groups excluding carboxylic acids is 2. The number of esters is 2. The zero-order valence-electron chi connectivity index (χ0n) is 11.5. The van der Waals surface area contributed by atoms with Crippen molar-refractivity contribution in [3.05, 3.63) is 11.8 Å².